The molecule has 0 spiro atoms. The Hall–Kier alpha value is -2.47. The zero-order valence-corrected chi connectivity index (χ0v) is 16.9. The van der Waals surface area contributed by atoms with Crippen molar-refractivity contribution in [3.63, 3.8) is 0 Å². The van der Waals surface area contributed by atoms with Gasteiger partial charge in [-0.1, -0.05) is 76.6 Å². The minimum Gasteiger partial charge on any atom is -0.457 e. The molecule has 0 atom stereocenters. The van der Waals surface area contributed by atoms with Crippen LogP contribution in [0.5, 0.6) is 0 Å². The Morgan fingerprint density at radius 3 is 1.75 bits per heavy atom. The van der Waals surface area contributed by atoms with E-state index in [1.54, 1.807) is 24.3 Å². The Labute approximate surface area is 173 Å². The lowest BCUT2D eigenvalue weighted by Crippen LogP contribution is -2.25. The molecule has 3 aromatic rings. The number of halogens is 1. The fourth-order valence-corrected chi connectivity index (χ4v) is 2.75. The highest BCUT2D eigenvalue weighted by Crippen LogP contribution is 2.13. The monoisotopic (exact) mass is 440 g/mol. The van der Waals surface area contributed by atoms with Crippen molar-refractivity contribution >= 4 is 21.9 Å². The van der Waals surface area contributed by atoms with Crippen LogP contribution < -0.4 is 0 Å². The standard InChI is InChI=1S/C23H21BrO4/c24-21-13-11-20(12-14-21)23(25)28-17-22(26-15-18-7-3-1-4-8-18)27-16-19-9-5-2-6-10-19/h1-14,22H,15-17H2. The summed E-state index contributed by atoms with van der Waals surface area (Å²) in [5.41, 5.74) is 2.53. The maximum Gasteiger partial charge on any atom is 0.338 e. The molecule has 0 saturated heterocycles. The first-order valence-electron chi connectivity index (χ1n) is 8.94. The number of carbonyl (C=O) groups is 1. The SMILES string of the molecule is O=C(OCC(OCc1ccccc1)OCc1ccccc1)c1ccc(Br)cc1. The molecule has 0 aliphatic heterocycles. The molecule has 0 saturated carbocycles. The van der Waals surface area contributed by atoms with Crippen molar-refractivity contribution in [1.82, 2.24) is 0 Å². The van der Waals surface area contributed by atoms with Gasteiger partial charge >= 0.3 is 5.97 Å². The van der Waals surface area contributed by atoms with Crippen molar-refractivity contribution < 1.29 is 19.0 Å². The van der Waals surface area contributed by atoms with Crippen molar-refractivity contribution in [1.29, 1.82) is 0 Å². The van der Waals surface area contributed by atoms with Gasteiger partial charge in [0.05, 0.1) is 18.8 Å². The Bertz CT molecular complexity index is 807. The van der Waals surface area contributed by atoms with Crippen molar-refractivity contribution in [3.05, 3.63) is 106 Å². The smallest absolute Gasteiger partial charge is 0.338 e. The van der Waals surface area contributed by atoms with Crippen LogP contribution in [-0.2, 0) is 27.4 Å². The van der Waals surface area contributed by atoms with Crippen LogP contribution in [-0.4, -0.2) is 18.9 Å². The van der Waals surface area contributed by atoms with Gasteiger partial charge in [-0.15, -0.1) is 0 Å². The summed E-state index contributed by atoms with van der Waals surface area (Å²) in [7, 11) is 0. The minimum atomic E-state index is -0.667. The average molecular weight is 441 g/mol. The Morgan fingerprint density at radius 2 is 1.25 bits per heavy atom. The summed E-state index contributed by atoms with van der Waals surface area (Å²) in [6.45, 7) is 0.751. The normalized spacial score (nSPS) is 10.8. The summed E-state index contributed by atoms with van der Waals surface area (Å²) in [6, 6.07) is 26.6. The fraction of sp³-hybridized carbons (Fsp3) is 0.174. The predicted octanol–water partition coefficient (Wildman–Crippen LogP) is 5.37. The lowest BCUT2D eigenvalue weighted by Gasteiger charge is -2.19. The van der Waals surface area contributed by atoms with E-state index in [9.17, 15) is 4.79 Å². The lowest BCUT2D eigenvalue weighted by atomic mass is 10.2. The zero-order chi connectivity index (χ0) is 19.6. The first kappa shape index (κ1) is 20.3. The zero-order valence-electron chi connectivity index (χ0n) is 15.3. The number of hydrogen-bond donors (Lipinski definition) is 0. The maximum atomic E-state index is 12.3. The molecule has 3 rings (SSSR count). The molecular formula is C23H21BrO4. The molecule has 28 heavy (non-hydrogen) atoms. The molecule has 5 heteroatoms. The van der Waals surface area contributed by atoms with Crippen LogP contribution in [0, 0.1) is 0 Å². The van der Waals surface area contributed by atoms with Gasteiger partial charge in [-0.2, -0.15) is 0 Å². The van der Waals surface area contributed by atoms with Gasteiger partial charge in [-0.25, -0.2) is 4.79 Å². The topological polar surface area (TPSA) is 44.8 Å². The summed E-state index contributed by atoms with van der Waals surface area (Å²) in [4.78, 5) is 12.3. The Balaban J connectivity index is 1.57. The average Bonchev–Trinajstić information content (AvgIpc) is 2.75. The molecule has 0 radical (unpaired) electrons. The van der Waals surface area contributed by atoms with Gasteiger partial charge in [0, 0.05) is 4.47 Å². The fourth-order valence-electron chi connectivity index (χ4n) is 2.48. The highest BCUT2D eigenvalue weighted by atomic mass is 79.9. The van der Waals surface area contributed by atoms with E-state index in [-0.39, 0.29) is 6.61 Å². The second kappa shape index (κ2) is 10.8. The molecule has 144 valence electrons. The molecule has 0 bridgehead atoms. The van der Waals surface area contributed by atoms with Gasteiger partial charge in [-0.3, -0.25) is 0 Å². The highest BCUT2D eigenvalue weighted by molar-refractivity contribution is 9.10. The van der Waals surface area contributed by atoms with E-state index in [2.05, 4.69) is 15.9 Å². The van der Waals surface area contributed by atoms with Crippen LogP contribution in [0.3, 0.4) is 0 Å². The van der Waals surface area contributed by atoms with Gasteiger partial charge in [0.15, 0.2) is 6.29 Å². The number of rotatable bonds is 9. The van der Waals surface area contributed by atoms with Crippen molar-refractivity contribution in [2.45, 2.75) is 19.5 Å². The van der Waals surface area contributed by atoms with Gasteiger partial charge in [-0.05, 0) is 35.4 Å². The minimum absolute atomic E-state index is 0.00850. The first-order chi connectivity index (χ1) is 13.7. The summed E-state index contributed by atoms with van der Waals surface area (Å²) in [6.07, 6.45) is -0.667. The van der Waals surface area contributed by atoms with Crippen LogP contribution >= 0.6 is 15.9 Å². The third-order valence-electron chi connectivity index (χ3n) is 3.99. The predicted molar refractivity (Wildman–Crippen MR) is 111 cm³/mol. The van der Waals surface area contributed by atoms with E-state index in [4.69, 9.17) is 14.2 Å². The summed E-state index contributed by atoms with van der Waals surface area (Å²) in [5.74, 6) is -0.413. The van der Waals surface area contributed by atoms with E-state index >= 15 is 0 Å². The molecule has 0 aliphatic carbocycles. The number of hydrogen-bond acceptors (Lipinski definition) is 4. The van der Waals surface area contributed by atoms with E-state index < -0.39 is 12.3 Å². The van der Waals surface area contributed by atoms with Crippen molar-refractivity contribution in [2.75, 3.05) is 6.61 Å². The van der Waals surface area contributed by atoms with Crippen LogP contribution in [0.1, 0.15) is 21.5 Å². The Morgan fingerprint density at radius 1 is 0.750 bits per heavy atom. The molecule has 0 N–H and O–H groups in total. The van der Waals surface area contributed by atoms with Crippen LogP contribution in [0.2, 0.25) is 0 Å². The number of esters is 1. The molecule has 0 heterocycles. The molecular weight excluding hydrogens is 420 g/mol. The Kier molecular flexibility index (Phi) is 7.79. The number of carbonyl (C=O) groups excluding carboxylic acids is 1. The highest BCUT2D eigenvalue weighted by Gasteiger charge is 2.15. The molecule has 0 aliphatic rings. The second-order valence-electron chi connectivity index (χ2n) is 6.13. The van der Waals surface area contributed by atoms with E-state index in [0.717, 1.165) is 15.6 Å². The molecule has 3 aromatic carbocycles. The van der Waals surface area contributed by atoms with Gasteiger partial charge in [0.25, 0.3) is 0 Å². The van der Waals surface area contributed by atoms with Crippen LogP contribution in [0.25, 0.3) is 0 Å². The second-order valence-corrected chi connectivity index (χ2v) is 7.04. The van der Waals surface area contributed by atoms with E-state index in [0.29, 0.717) is 18.8 Å². The maximum absolute atomic E-state index is 12.3. The molecule has 0 fully saturated rings. The molecule has 4 nitrogen and oxygen atoms in total. The summed E-state index contributed by atoms with van der Waals surface area (Å²) >= 11 is 3.35. The van der Waals surface area contributed by atoms with Crippen molar-refractivity contribution in [2.24, 2.45) is 0 Å². The quantitative estimate of drug-likeness (QED) is 0.331. The van der Waals surface area contributed by atoms with Crippen LogP contribution in [0.15, 0.2) is 89.4 Å². The molecule has 0 unspecified atom stereocenters. The van der Waals surface area contributed by atoms with Gasteiger partial charge < -0.3 is 14.2 Å². The summed E-state index contributed by atoms with van der Waals surface area (Å²) in [5, 5.41) is 0. The van der Waals surface area contributed by atoms with E-state index in [1.165, 1.54) is 0 Å². The van der Waals surface area contributed by atoms with Crippen LogP contribution in [0.4, 0.5) is 0 Å². The first-order valence-corrected chi connectivity index (χ1v) is 9.74. The van der Waals surface area contributed by atoms with Gasteiger partial charge in [0.2, 0.25) is 0 Å². The molecule has 0 amide bonds. The number of benzene rings is 3. The third-order valence-corrected chi connectivity index (χ3v) is 4.52. The van der Waals surface area contributed by atoms with Gasteiger partial charge in [0.1, 0.15) is 6.61 Å². The largest absolute Gasteiger partial charge is 0.457 e. The van der Waals surface area contributed by atoms with E-state index in [1.807, 2.05) is 60.7 Å². The molecule has 0 aromatic heterocycles. The van der Waals surface area contributed by atoms with Crippen molar-refractivity contribution in [3.8, 4) is 0 Å². The lowest BCUT2D eigenvalue weighted by molar-refractivity contribution is -0.176. The number of ether oxygens (including phenoxy) is 3. The third kappa shape index (κ3) is 6.60. The summed E-state index contributed by atoms with van der Waals surface area (Å²) < 4.78 is 18.0.